The number of carbonyl (C=O) groups is 1. The first-order valence-corrected chi connectivity index (χ1v) is 8.24. The lowest BCUT2D eigenvalue weighted by atomic mass is 10.1. The first-order chi connectivity index (χ1) is 11.5. The van der Waals surface area contributed by atoms with Gasteiger partial charge in [0.15, 0.2) is 6.10 Å². The molecule has 0 aromatic heterocycles. The standard InChI is InChI=1S/C19H22ClNO3/c1-13-5-4-6-18(14(13)2)24-15(3)19(22)21-11-12-23-17-9-7-16(20)8-10-17/h4-10,15H,11-12H2,1-3H3,(H,21,22)/t15-/m0/s1. The van der Waals surface area contributed by atoms with Gasteiger partial charge < -0.3 is 14.8 Å². The van der Waals surface area contributed by atoms with Crippen molar-refractivity contribution in [3.8, 4) is 11.5 Å². The van der Waals surface area contributed by atoms with Gasteiger partial charge >= 0.3 is 0 Å². The van der Waals surface area contributed by atoms with Crippen LogP contribution < -0.4 is 14.8 Å². The average molecular weight is 348 g/mol. The molecule has 0 aliphatic carbocycles. The molecule has 0 fully saturated rings. The Bertz CT molecular complexity index is 686. The van der Waals surface area contributed by atoms with Gasteiger partial charge in [0.05, 0.1) is 6.54 Å². The molecule has 5 heteroatoms. The van der Waals surface area contributed by atoms with E-state index in [1.165, 1.54) is 0 Å². The molecule has 1 amide bonds. The minimum absolute atomic E-state index is 0.171. The van der Waals surface area contributed by atoms with Crippen LogP contribution >= 0.6 is 11.6 Å². The van der Waals surface area contributed by atoms with Gasteiger partial charge in [0.25, 0.3) is 5.91 Å². The number of nitrogens with one attached hydrogen (secondary N) is 1. The molecule has 128 valence electrons. The van der Waals surface area contributed by atoms with Crippen molar-refractivity contribution in [3.63, 3.8) is 0 Å². The van der Waals surface area contributed by atoms with E-state index in [-0.39, 0.29) is 5.91 Å². The molecule has 0 unspecified atom stereocenters. The molecule has 0 bridgehead atoms. The van der Waals surface area contributed by atoms with E-state index in [9.17, 15) is 4.79 Å². The highest BCUT2D eigenvalue weighted by molar-refractivity contribution is 6.30. The Kier molecular flexibility index (Phi) is 6.50. The van der Waals surface area contributed by atoms with Gasteiger partial charge in [-0.2, -0.15) is 0 Å². The summed E-state index contributed by atoms with van der Waals surface area (Å²) in [6.07, 6.45) is -0.568. The molecular formula is C19H22ClNO3. The minimum Gasteiger partial charge on any atom is -0.492 e. The maximum absolute atomic E-state index is 12.1. The minimum atomic E-state index is -0.568. The van der Waals surface area contributed by atoms with Crippen LogP contribution in [-0.2, 0) is 4.79 Å². The fourth-order valence-corrected chi connectivity index (χ4v) is 2.24. The number of halogens is 1. The number of hydrogen-bond acceptors (Lipinski definition) is 3. The highest BCUT2D eigenvalue weighted by atomic mass is 35.5. The predicted molar refractivity (Wildman–Crippen MR) is 96.0 cm³/mol. The third kappa shape index (κ3) is 5.17. The predicted octanol–water partition coefficient (Wildman–Crippen LogP) is 3.92. The summed E-state index contributed by atoms with van der Waals surface area (Å²) < 4.78 is 11.3. The van der Waals surface area contributed by atoms with Crippen molar-refractivity contribution in [2.24, 2.45) is 0 Å². The van der Waals surface area contributed by atoms with Crippen LogP contribution in [0.25, 0.3) is 0 Å². The van der Waals surface area contributed by atoms with Crippen LogP contribution in [0.5, 0.6) is 11.5 Å². The fraction of sp³-hybridized carbons (Fsp3) is 0.316. The van der Waals surface area contributed by atoms with Gasteiger partial charge in [-0.05, 0) is 62.2 Å². The Morgan fingerprint density at radius 1 is 1.17 bits per heavy atom. The Morgan fingerprint density at radius 3 is 2.58 bits per heavy atom. The molecule has 0 radical (unpaired) electrons. The van der Waals surface area contributed by atoms with Gasteiger partial charge in [0.1, 0.15) is 18.1 Å². The van der Waals surface area contributed by atoms with E-state index in [0.717, 1.165) is 16.9 Å². The van der Waals surface area contributed by atoms with Crippen LogP contribution in [0.15, 0.2) is 42.5 Å². The largest absolute Gasteiger partial charge is 0.492 e. The topological polar surface area (TPSA) is 47.6 Å². The van der Waals surface area contributed by atoms with Crippen molar-refractivity contribution in [2.45, 2.75) is 26.9 Å². The average Bonchev–Trinajstić information content (AvgIpc) is 2.57. The number of rotatable bonds is 7. The van der Waals surface area contributed by atoms with E-state index in [1.54, 1.807) is 31.2 Å². The van der Waals surface area contributed by atoms with E-state index in [2.05, 4.69) is 5.32 Å². The molecule has 1 atom stereocenters. The van der Waals surface area contributed by atoms with Crippen LogP contribution in [0.3, 0.4) is 0 Å². The van der Waals surface area contributed by atoms with Gasteiger partial charge in [-0.25, -0.2) is 0 Å². The first-order valence-electron chi connectivity index (χ1n) is 7.86. The molecular weight excluding hydrogens is 326 g/mol. The highest BCUT2D eigenvalue weighted by Crippen LogP contribution is 2.21. The van der Waals surface area contributed by atoms with E-state index in [0.29, 0.717) is 23.9 Å². The number of benzene rings is 2. The van der Waals surface area contributed by atoms with E-state index < -0.39 is 6.10 Å². The quantitative estimate of drug-likeness (QED) is 0.772. The summed E-state index contributed by atoms with van der Waals surface area (Å²) in [7, 11) is 0. The fourth-order valence-electron chi connectivity index (χ4n) is 2.11. The van der Waals surface area contributed by atoms with E-state index >= 15 is 0 Å². The molecule has 2 rings (SSSR count). The first kappa shape index (κ1) is 18.1. The summed E-state index contributed by atoms with van der Waals surface area (Å²) in [6.45, 7) is 6.51. The number of aryl methyl sites for hydroxylation is 1. The Balaban J connectivity index is 1.75. The third-order valence-electron chi connectivity index (χ3n) is 3.71. The smallest absolute Gasteiger partial charge is 0.260 e. The molecule has 0 spiro atoms. The summed E-state index contributed by atoms with van der Waals surface area (Å²) in [5, 5.41) is 3.46. The molecule has 24 heavy (non-hydrogen) atoms. The van der Waals surface area contributed by atoms with Gasteiger partial charge in [0.2, 0.25) is 0 Å². The molecule has 1 N–H and O–H groups in total. The zero-order chi connectivity index (χ0) is 17.5. The number of carbonyl (C=O) groups excluding carboxylic acids is 1. The second kappa shape index (κ2) is 8.60. The van der Waals surface area contributed by atoms with Crippen molar-refractivity contribution >= 4 is 17.5 Å². The van der Waals surface area contributed by atoms with Crippen LogP contribution in [0.2, 0.25) is 5.02 Å². The number of amides is 1. The molecule has 0 aliphatic heterocycles. The number of hydrogen-bond donors (Lipinski definition) is 1. The lowest BCUT2D eigenvalue weighted by Crippen LogP contribution is -2.38. The molecule has 0 saturated carbocycles. The van der Waals surface area contributed by atoms with Gasteiger partial charge in [-0.3, -0.25) is 4.79 Å². The van der Waals surface area contributed by atoms with Gasteiger partial charge in [-0.1, -0.05) is 23.7 Å². The normalized spacial score (nSPS) is 11.7. The highest BCUT2D eigenvalue weighted by Gasteiger charge is 2.15. The van der Waals surface area contributed by atoms with Crippen LogP contribution in [0, 0.1) is 13.8 Å². The Hall–Kier alpha value is -2.20. The lowest BCUT2D eigenvalue weighted by Gasteiger charge is -2.17. The third-order valence-corrected chi connectivity index (χ3v) is 3.96. The van der Waals surface area contributed by atoms with E-state index in [1.807, 2.05) is 32.0 Å². The molecule has 2 aromatic rings. The summed E-state index contributed by atoms with van der Waals surface area (Å²) in [4.78, 5) is 12.1. The van der Waals surface area contributed by atoms with Crippen molar-refractivity contribution in [3.05, 3.63) is 58.6 Å². The molecule has 2 aromatic carbocycles. The maximum Gasteiger partial charge on any atom is 0.260 e. The molecule has 4 nitrogen and oxygen atoms in total. The second-order valence-corrected chi connectivity index (χ2v) is 5.99. The molecule has 0 heterocycles. The van der Waals surface area contributed by atoms with Crippen molar-refractivity contribution < 1.29 is 14.3 Å². The van der Waals surface area contributed by atoms with Crippen molar-refractivity contribution in [2.75, 3.05) is 13.2 Å². The Labute approximate surface area is 147 Å². The molecule has 0 saturated heterocycles. The van der Waals surface area contributed by atoms with Crippen LogP contribution in [0.4, 0.5) is 0 Å². The monoisotopic (exact) mass is 347 g/mol. The van der Waals surface area contributed by atoms with Crippen molar-refractivity contribution in [1.82, 2.24) is 5.32 Å². The summed E-state index contributed by atoms with van der Waals surface area (Å²) >= 11 is 5.81. The zero-order valence-electron chi connectivity index (χ0n) is 14.1. The van der Waals surface area contributed by atoms with Crippen LogP contribution in [0.1, 0.15) is 18.1 Å². The second-order valence-electron chi connectivity index (χ2n) is 5.55. The summed E-state index contributed by atoms with van der Waals surface area (Å²) in [5.74, 6) is 1.28. The lowest BCUT2D eigenvalue weighted by molar-refractivity contribution is -0.127. The van der Waals surface area contributed by atoms with Gasteiger partial charge in [-0.15, -0.1) is 0 Å². The van der Waals surface area contributed by atoms with Crippen molar-refractivity contribution in [1.29, 1.82) is 0 Å². The van der Waals surface area contributed by atoms with Crippen LogP contribution in [-0.4, -0.2) is 25.2 Å². The van der Waals surface area contributed by atoms with Gasteiger partial charge in [0, 0.05) is 5.02 Å². The summed E-state index contributed by atoms with van der Waals surface area (Å²) in [5.41, 5.74) is 2.18. The zero-order valence-corrected chi connectivity index (χ0v) is 14.9. The number of ether oxygens (including phenoxy) is 2. The van der Waals surface area contributed by atoms with E-state index in [4.69, 9.17) is 21.1 Å². The Morgan fingerprint density at radius 2 is 1.88 bits per heavy atom. The molecule has 0 aliphatic rings. The summed E-state index contributed by atoms with van der Waals surface area (Å²) in [6, 6.07) is 12.9. The SMILES string of the molecule is Cc1cccc(O[C@@H](C)C(=O)NCCOc2ccc(Cl)cc2)c1C. The maximum atomic E-state index is 12.1.